The molecule has 0 aromatic heterocycles. The van der Waals surface area contributed by atoms with Gasteiger partial charge >= 0.3 is 5.97 Å². The van der Waals surface area contributed by atoms with Gasteiger partial charge in [-0.2, -0.15) is 0 Å². The lowest BCUT2D eigenvalue weighted by Gasteiger charge is -2.29. The lowest BCUT2D eigenvalue weighted by atomic mass is 10.1. The number of ether oxygens (including phenoxy) is 4. The molecule has 190 valence electrons. The molecule has 2 aliphatic heterocycles. The number of rotatable bonds is 8. The number of hydrogen-bond donors (Lipinski definition) is 1. The first-order chi connectivity index (χ1) is 18.0. The third-order valence-corrected chi connectivity index (χ3v) is 6.45. The first-order valence-corrected chi connectivity index (χ1v) is 11.8. The Bertz CT molecular complexity index is 1320. The van der Waals surface area contributed by atoms with Crippen molar-refractivity contribution in [2.45, 2.75) is 31.7 Å². The Kier molecular flexibility index (Phi) is 6.68. The highest BCUT2D eigenvalue weighted by Gasteiger charge is 2.47. The van der Waals surface area contributed by atoms with E-state index in [1.165, 1.54) is 19.1 Å². The number of cyclic esters (lactones) is 1. The Morgan fingerprint density at radius 1 is 1.00 bits per heavy atom. The third kappa shape index (κ3) is 4.67. The predicted molar refractivity (Wildman–Crippen MR) is 133 cm³/mol. The molecule has 2 amide bonds. The van der Waals surface area contributed by atoms with E-state index in [-0.39, 0.29) is 29.5 Å². The highest BCUT2D eigenvalue weighted by molar-refractivity contribution is 6.01. The Balaban J connectivity index is 1.30. The molecule has 0 radical (unpaired) electrons. The summed E-state index contributed by atoms with van der Waals surface area (Å²) in [7, 11) is 2.89. The van der Waals surface area contributed by atoms with Crippen molar-refractivity contribution in [1.82, 2.24) is 4.90 Å². The number of benzene rings is 3. The summed E-state index contributed by atoms with van der Waals surface area (Å²) in [5, 5.41) is 2.86. The summed E-state index contributed by atoms with van der Waals surface area (Å²) in [4.78, 5) is 40.1. The highest BCUT2D eigenvalue weighted by Crippen LogP contribution is 2.45. The van der Waals surface area contributed by atoms with E-state index in [0.717, 1.165) is 5.56 Å². The predicted octanol–water partition coefficient (Wildman–Crippen LogP) is 4.08. The minimum Gasteiger partial charge on any atom is -0.493 e. The van der Waals surface area contributed by atoms with E-state index >= 15 is 0 Å². The van der Waals surface area contributed by atoms with Crippen molar-refractivity contribution >= 4 is 23.5 Å². The molecule has 0 saturated carbocycles. The number of anilines is 1. The number of carbonyl (C=O) groups excluding carboxylic acids is 3. The topological polar surface area (TPSA) is 103 Å². The zero-order chi connectivity index (χ0) is 25.9. The van der Waals surface area contributed by atoms with E-state index < -0.39 is 18.2 Å². The van der Waals surface area contributed by atoms with Gasteiger partial charge in [0.15, 0.2) is 11.5 Å². The van der Waals surface area contributed by atoms with Crippen LogP contribution < -0.4 is 19.5 Å². The fraction of sp³-hybridized carbons (Fsp3) is 0.250. The zero-order valence-electron chi connectivity index (χ0n) is 20.4. The number of methoxy groups -OCH3 is 2. The molecule has 9 heteroatoms. The molecule has 2 heterocycles. The number of fused-ring (bicyclic) bond motifs is 1. The number of carbonyl (C=O) groups is 3. The summed E-state index contributed by atoms with van der Waals surface area (Å²) in [5.74, 6) is -0.00935. The van der Waals surface area contributed by atoms with Gasteiger partial charge in [-0.25, -0.2) is 4.79 Å². The largest absolute Gasteiger partial charge is 0.493 e. The van der Waals surface area contributed by atoms with E-state index in [2.05, 4.69) is 5.32 Å². The number of likely N-dealkylation sites (tertiary alicyclic amines) is 1. The van der Waals surface area contributed by atoms with Crippen LogP contribution in [0, 0.1) is 0 Å². The third-order valence-electron chi connectivity index (χ3n) is 6.45. The molecular weight excluding hydrogens is 476 g/mol. The second-order valence-corrected chi connectivity index (χ2v) is 8.67. The van der Waals surface area contributed by atoms with Crippen molar-refractivity contribution < 1.29 is 33.3 Å². The summed E-state index contributed by atoms with van der Waals surface area (Å²) in [5.41, 5.74) is 2.26. The summed E-state index contributed by atoms with van der Waals surface area (Å²) >= 11 is 0. The number of esters is 1. The molecule has 37 heavy (non-hydrogen) atoms. The molecule has 1 fully saturated rings. The molecule has 0 aliphatic carbocycles. The van der Waals surface area contributed by atoms with Crippen molar-refractivity contribution in [2.75, 3.05) is 19.5 Å². The molecule has 0 bridgehead atoms. The van der Waals surface area contributed by atoms with Gasteiger partial charge in [0.25, 0.3) is 0 Å². The highest BCUT2D eigenvalue weighted by atomic mass is 16.6. The fourth-order valence-corrected chi connectivity index (χ4v) is 4.64. The normalized spacial score (nSPS) is 18.3. The quantitative estimate of drug-likeness (QED) is 0.463. The maximum atomic E-state index is 13.2. The van der Waals surface area contributed by atoms with Crippen LogP contribution in [0.1, 0.15) is 40.6 Å². The summed E-state index contributed by atoms with van der Waals surface area (Å²) in [6.45, 7) is 0.434. The van der Waals surface area contributed by atoms with Crippen LogP contribution in [0.4, 0.5) is 5.69 Å². The average molecular weight is 503 g/mol. The van der Waals surface area contributed by atoms with E-state index in [1.54, 1.807) is 36.4 Å². The van der Waals surface area contributed by atoms with E-state index in [9.17, 15) is 14.4 Å². The Morgan fingerprint density at radius 2 is 1.76 bits per heavy atom. The molecule has 1 unspecified atom stereocenters. The monoisotopic (exact) mass is 502 g/mol. The average Bonchev–Trinajstić information content (AvgIpc) is 3.47. The van der Waals surface area contributed by atoms with E-state index in [4.69, 9.17) is 18.9 Å². The molecule has 2 atom stereocenters. The lowest BCUT2D eigenvalue weighted by Crippen LogP contribution is -2.43. The Morgan fingerprint density at radius 3 is 2.46 bits per heavy atom. The van der Waals surface area contributed by atoms with Crippen molar-refractivity contribution in [1.29, 1.82) is 0 Å². The van der Waals surface area contributed by atoms with Crippen molar-refractivity contribution in [3.05, 3.63) is 83.4 Å². The first kappa shape index (κ1) is 24.2. The molecule has 9 nitrogen and oxygen atoms in total. The smallest absolute Gasteiger partial charge is 0.344 e. The van der Waals surface area contributed by atoms with Crippen LogP contribution >= 0.6 is 0 Å². The summed E-state index contributed by atoms with van der Waals surface area (Å²) in [6.07, 6.45) is -0.553. The SMILES string of the molecule is COc1ccc2c(c1OC)C(=O)OC2N1C(=O)CC[C@H]1C(=O)Nc1ccc(OCc2ccccc2)cc1. The van der Waals surface area contributed by atoms with E-state index in [1.807, 2.05) is 30.3 Å². The van der Waals surface area contributed by atoms with Gasteiger partial charge in [-0.1, -0.05) is 30.3 Å². The standard InChI is InChI=1S/C28H26N2O7/c1-34-22-14-12-20-24(25(22)35-2)28(33)37-27(20)30-21(13-15-23(30)31)26(32)29-18-8-10-19(11-9-18)36-16-17-6-4-3-5-7-17/h3-12,14,21,27H,13,15-16H2,1-2H3,(H,29,32)/t21-,27?/m0/s1. The summed E-state index contributed by atoms with van der Waals surface area (Å²) < 4.78 is 22.0. The number of amides is 2. The molecule has 0 spiro atoms. The molecule has 3 aromatic rings. The van der Waals surface area contributed by atoms with Crippen molar-refractivity contribution in [2.24, 2.45) is 0 Å². The number of nitrogens with zero attached hydrogens (tertiary/aromatic N) is 1. The van der Waals surface area contributed by atoms with Crippen LogP contribution in [0.5, 0.6) is 17.2 Å². The van der Waals surface area contributed by atoms with Gasteiger partial charge in [-0.3, -0.25) is 14.5 Å². The number of nitrogens with one attached hydrogen (secondary N) is 1. The maximum absolute atomic E-state index is 13.2. The molecule has 3 aromatic carbocycles. The van der Waals surface area contributed by atoms with Crippen LogP contribution in [0.3, 0.4) is 0 Å². The zero-order valence-corrected chi connectivity index (χ0v) is 20.4. The molecule has 1 saturated heterocycles. The first-order valence-electron chi connectivity index (χ1n) is 11.8. The van der Waals surface area contributed by atoms with Crippen molar-refractivity contribution in [3.63, 3.8) is 0 Å². The van der Waals surface area contributed by atoms with Crippen LogP contribution in [0.25, 0.3) is 0 Å². The van der Waals surface area contributed by atoms with E-state index in [0.29, 0.717) is 35.8 Å². The molecule has 2 aliphatic rings. The molecular formula is C28H26N2O7. The van der Waals surface area contributed by atoms with Crippen molar-refractivity contribution in [3.8, 4) is 17.2 Å². The fourth-order valence-electron chi connectivity index (χ4n) is 4.64. The van der Waals surface area contributed by atoms with Crippen LogP contribution in [-0.2, 0) is 20.9 Å². The van der Waals surface area contributed by atoms with Gasteiger partial charge in [0.1, 0.15) is 24.0 Å². The summed E-state index contributed by atoms with van der Waals surface area (Å²) in [6, 6.07) is 19.3. The lowest BCUT2D eigenvalue weighted by molar-refractivity contribution is -0.144. The minimum atomic E-state index is -1.03. The minimum absolute atomic E-state index is 0.168. The van der Waals surface area contributed by atoms with Gasteiger partial charge < -0.3 is 24.3 Å². The van der Waals surface area contributed by atoms with Crippen LogP contribution in [0.15, 0.2) is 66.7 Å². The molecule has 5 rings (SSSR count). The molecule has 1 N–H and O–H groups in total. The number of hydrogen-bond acceptors (Lipinski definition) is 7. The Labute approximate surface area is 213 Å². The van der Waals surface area contributed by atoms with Gasteiger partial charge in [0, 0.05) is 17.7 Å². The van der Waals surface area contributed by atoms with Gasteiger partial charge in [0.05, 0.1) is 14.2 Å². The van der Waals surface area contributed by atoms with Gasteiger partial charge in [0.2, 0.25) is 18.0 Å². The Hall–Kier alpha value is -4.53. The van der Waals surface area contributed by atoms with Gasteiger partial charge in [-0.15, -0.1) is 0 Å². The second kappa shape index (κ2) is 10.2. The van der Waals surface area contributed by atoms with Crippen LogP contribution in [0.2, 0.25) is 0 Å². The maximum Gasteiger partial charge on any atom is 0.344 e. The van der Waals surface area contributed by atoms with Gasteiger partial charge in [-0.05, 0) is 48.4 Å². The van der Waals surface area contributed by atoms with Crippen LogP contribution in [-0.4, -0.2) is 42.9 Å². The second-order valence-electron chi connectivity index (χ2n) is 8.67.